The van der Waals surface area contributed by atoms with Crippen molar-refractivity contribution >= 4 is 17.5 Å². The Labute approximate surface area is 142 Å². The molecule has 0 saturated heterocycles. The van der Waals surface area contributed by atoms with Crippen molar-refractivity contribution in [2.45, 2.75) is 32.8 Å². The molecule has 1 unspecified atom stereocenters. The minimum atomic E-state index is -0.652. The molecule has 0 spiro atoms. The van der Waals surface area contributed by atoms with Crippen LogP contribution in [-0.2, 0) is 4.74 Å². The summed E-state index contributed by atoms with van der Waals surface area (Å²) in [5.74, 6) is 2.61. The molecule has 0 fully saturated rings. The van der Waals surface area contributed by atoms with Gasteiger partial charge in [-0.2, -0.15) is 4.99 Å². The van der Waals surface area contributed by atoms with Gasteiger partial charge in [-0.1, -0.05) is 12.0 Å². The predicted octanol–water partition coefficient (Wildman–Crippen LogP) is 3.34. The van der Waals surface area contributed by atoms with Gasteiger partial charge >= 0.3 is 6.09 Å². The van der Waals surface area contributed by atoms with E-state index in [2.05, 4.69) is 15.9 Å². The van der Waals surface area contributed by atoms with Crippen LogP contribution in [0.25, 0.3) is 5.70 Å². The van der Waals surface area contributed by atoms with E-state index in [1.165, 1.54) is 0 Å². The van der Waals surface area contributed by atoms with Crippen LogP contribution in [0.5, 0.6) is 0 Å². The van der Waals surface area contributed by atoms with Crippen LogP contribution < -0.4 is 5.73 Å². The average molecular weight is 323 g/mol. The summed E-state index contributed by atoms with van der Waals surface area (Å²) in [6.45, 7) is 5.37. The van der Waals surface area contributed by atoms with Gasteiger partial charge in [-0.25, -0.2) is 4.79 Å². The topological polar surface area (TPSA) is 77.6 Å². The summed E-state index contributed by atoms with van der Waals surface area (Å²) in [7, 11) is 0. The van der Waals surface area contributed by atoms with Crippen LogP contribution in [0.4, 0.5) is 4.79 Å². The predicted molar refractivity (Wildman–Crippen MR) is 95.1 cm³/mol. The first-order valence-corrected chi connectivity index (χ1v) is 7.65. The SMILES string of the molecule is C#CC1C=CC(=NC(=O)OC(C)(C)C)C(=C(N)c2ccncc2)C1. The lowest BCUT2D eigenvalue weighted by atomic mass is 9.88. The van der Waals surface area contributed by atoms with Gasteiger partial charge in [-0.3, -0.25) is 4.98 Å². The zero-order valence-electron chi connectivity index (χ0n) is 14.1. The molecule has 1 atom stereocenters. The minimum absolute atomic E-state index is 0.0852. The molecule has 1 heterocycles. The molecule has 1 aliphatic rings. The second-order valence-electron chi connectivity index (χ2n) is 6.44. The Balaban J connectivity index is 2.44. The molecule has 124 valence electrons. The van der Waals surface area contributed by atoms with Crippen LogP contribution in [0.1, 0.15) is 32.8 Å². The van der Waals surface area contributed by atoms with Gasteiger partial charge in [0, 0.05) is 35.1 Å². The van der Waals surface area contributed by atoms with E-state index in [1.807, 2.05) is 6.08 Å². The van der Waals surface area contributed by atoms with Gasteiger partial charge < -0.3 is 10.5 Å². The molecule has 2 N–H and O–H groups in total. The molecule has 5 heteroatoms. The number of hydrogen-bond acceptors (Lipinski definition) is 4. The third kappa shape index (κ3) is 4.56. The average Bonchev–Trinajstić information content (AvgIpc) is 2.53. The van der Waals surface area contributed by atoms with Gasteiger partial charge in [-0.05, 0) is 45.4 Å². The van der Waals surface area contributed by atoms with E-state index < -0.39 is 11.7 Å². The molecule has 0 saturated carbocycles. The lowest BCUT2D eigenvalue weighted by Crippen LogP contribution is -2.23. The number of hydrogen-bond donors (Lipinski definition) is 1. The Kier molecular flexibility index (Phi) is 5.20. The summed E-state index contributed by atoms with van der Waals surface area (Å²) >= 11 is 0. The summed E-state index contributed by atoms with van der Waals surface area (Å²) < 4.78 is 5.25. The fourth-order valence-electron chi connectivity index (χ4n) is 2.26. The number of nitrogens with zero attached hydrogens (tertiary/aromatic N) is 2. The quantitative estimate of drug-likeness (QED) is 0.804. The molecule has 0 aliphatic heterocycles. The van der Waals surface area contributed by atoms with Crippen LogP contribution in [0.2, 0.25) is 0 Å². The molecule has 1 amide bonds. The van der Waals surface area contributed by atoms with Crippen LogP contribution in [-0.4, -0.2) is 22.4 Å². The highest BCUT2D eigenvalue weighted by Crippen LogP contribution is 2.26. The zero-order chi connectivity index (χ0) is 17.7. The molecule has 24 heavy (non-hydrogen) atoms. The maximum Gasteiger partial charge on any atom is 0.434 e. The molecular formula is C19H21N3O2. The second-order valence-corrected chi connectivity index (χ2v) is 6.44. The van der Waals surface area contributed by atoms with Gasteiger partial charge in [0.1, 0.15) is 5.60 Å². The normalized spacial score (nSPS) is 21.2. The largest absolute Gasteiger partial charge is 0.442 e. The third-order valence-electron chi connectivity index (χ3n) is 3.36. The Morgan fingerprint density at radius 3 is 2.67 bits per heavy atom. The number of nitrogens with two attached hydrogens (primary N) is 1. The number of carbonyl (C=O) groups excluding carboxylic acids is 1. The van der Waals surface area contributed by atoms with E-state index in [0.29, 0.717) is 17.8 Å². The van der Waals surface area contributed by atoms with Gasteiger partial charge in [0.25, 0.3) is 0 Å². The molecule has 2 rings (SSSR count). The number of allylic oxidation sites excluding steroid dienone is 3. The van der Waals surface area contributed by atoms with E-state index in [0.717, 1.165) is 11.1 Å². The first-order chi connectivity index (χ1) is 11.3. The highest BCUT2D eigenvalue weighted by atomic mass is 16.6. The van der Waals surface area contributed by atoms with Crippen molar-refractivity contribution in [3.05, 3.63) is 47.8 Å². The Morgan fingerprint density at radius 2 is 2.08 bits per heavy atom. The van der Waals surface area contributed by atoms with E-state index >= 15 is 0 Å². The number of carbonyl (C=O) groups is 1. The third-order valence-corrected chi connectivity index (χ3v) is 3.36. The number of aromatic nitrogens is 1. The van der Waals surface area contributed by atoms with Crippen molar-refractivity contribution in [1.29, 1.82) is 0 Å². The molecule has 1 aliphatic carbocycles. The Hall–Kier alpha value is -2.87. The first kappa shape index (κ1) is 17.5. The van der Waals surface area contributed by atoms with Crippen molar-refractivity contribution in [2.24, 2.45) is 16.6 Å². The van der Waals surface area contributed by atoms with E-state index in [1.54, 1.807) is 51.4 Å². The van der Waals surface area contributed by atoms with Gasteiger partial charge in [-0.15, -0.1) is 6.42 Å². The summed E-state index contributed by atoms with van der Waals surface area (Å²) in [6, 6.07) is 3.60. The number of amides is 1. The van der Waals surface area contributed by atoms with Gasteiger partial charge in [0.2, 0.25) is 0 Å². The number of ether oxygens (including phenoxy) is 1. The van der Waals surface area contributed by atoms with Gasteiger partial charge in [0.15, 0.2) is 0 Å². The van der Waals surface area contributed by atoms with Crippen molar-refractivity contribution in [3.63, 3.8) is 0 Å². The minimum Gasteiger partial charge on any atom is -0.442 e. The monoisotopic (exact) mass is 323 g/mol. The van der Waals surface area contributed by atoms with Crippen LogP contribution in [0, 0.1) is 18.3 Å². The van der Waals surface area contributed by atoms with E-state index in [9.17, 15) is 4.79 Å². The zero-order valence-corrected chi connectivity index (χ0v) is 14.1. The lowest BCUT2D eigenvalue weighted by Gasteiger charge is -2.21. The van der Waals surface area contributed by atoms with Crippen molar-refractivity contribution in [1.82, 2.24) is 4.98 Å². The number of pyridine rings is 1. The summed E-state index contributed by atoms with van der Waals surface area (Å²) in [5.41, 5.74) is 8.24. The highest BCUT2D eigenvalue weighted by molar-refractivity contribution is 6.16. The lowest BCUT2D eigenvalue weighted by molar-refractivity contribution is 0.0604. The smallest absolute Gasteiger partial charge is 0.434 e. The van der Waals surface area contributed by atoms with Crippen LogP contribution in [0.15, 0.2) is 47.2 Å². The van der Waals surface area contributed by atoms with Gasteiger partial charge in [0.05, 0.1) is 5.71 Å². The second kappa shape index (κ2) is 7.14. The van der Waals surface area contributed by atoms with Crippen molar-refractivity contribution < 1.29 is 9.53 Å². The fraction of sp³-hybridized carbons (Fsp3) is 0.316. The molecule has 5 nitrogen and oxygen atoms in total. The molecule has 1 aromatic heterocycles. The summed E-state index contributed by atoms with van der Waals surface area (Å²) in [4.78, 5) is 20.1. The van der Waals surface area contributed by atoms with Crippen LogP contribution >= 0.6 is 0 Å². The Morgan fingerprint density at radius 1 is 1.42 bits per heavy atom. The molecular weight excluding hydrogens is 302 g/mol. The summed E-state index contributed by atoms with van der Waals surface area (Å²) in [5, 5.41) is 0. The number of terminal acetylenes is 1. The van der Waals surface area contributed by atoms with E-state index in [-0.39, 0.29) is 5.92 Å². The molecule has 0 bridgehead atoms. The summed E-state index contributed by atoms with van der Waals surface area (Å²) in [6.07, 6.45) is 12.3. The van der Waals surface area contributed by atoms with E-state index in [4.69, 9.17) is 16.9 Å². The van der Waals surface area contributed by atoms with Crippen molar-refractivity contribution in [3.8, 4) is 12.3 Å². The number of aliphatic imine (C=N–C) groups is 1. The molecule has 1 aromatic rings. The maximum absolute atomic E-state index is 12.0. The fourth-order valence-corrected chi connectivity index (χ4v) is 2.26. The van der Waals surface area contributed by atoms with Crippen molar-refractivity contribution in [2.75, 3.05) is 0 Å². The Bertz CT molecular complexity index is 747. The highest BCUT2D eigenvalue weighted by Gasteiger charge is 2.22. The van der Waals surface area contributed by atoms with Crippen LogP contribution in [0.3, 0.4) is 0 Å². The standard InChI is InChI=1S/C19H21N3O2/c1-5-13-6-7-16(22-18(23)24-19(2,3)4)15(12-13)17(20)14-8-10-21-11-9-14/h1,6-11,13H,12,20H2,2-4H3. The first-order valence-electron chi connectivity index (χ1n) is 7.65. The molecule has 0 radical (unpaired) electrons. The number of rotatable bonds is 1. The maximum atomic E-state index is 12.0. The molecule has 0 aromatic carbocycles.